The van der Waals surface area contributed by atoms with E-state index in [0.29, 0.717) is 6.54 Å². The molecule has 0 unspecified atom stereocenters. The van der Waals surface area contributed by atoms with Gasteiger partial charge in [-0.25, -0.2) is 0 Å². The maximum Gasteiger partial charge on any atom is 0.257 e. The van der Waals surface area contributed by atoms with E-state index in [-0.39, 0.29) is 23.6 Å². The minimum Gasteiger partial charge on any atom is -0.507 e. The van der Waals surface area contributed by atoms with Gasteiger partial charge in [0.25, 0.3) is 5.91 Å². The van der Waals surface area contributed by atoms with E-state index in [2.05, 4.69) is 22.6 Å². The van der Waals surface area contributed by atoms with Gasteiger partial charge in [-0.05, 0) is 40.8 Å². The Bertz CT molecular complexity index is 440. The third-order valence-corrected chi connectivity index (χ3v) is 2.77. The van der Waals surface area contributed by atoms with Crippen LogP contribution >= 0.6 is 22.6 Å². The molecule has 0 fully saturated rings. The Morgan fingerprint density at radius 1 is 1.62 bits per heavy atom. The molecule has 1 amide bonds. The third-order valence-electron chi connectivity index (χ3n) is 2.09. The predicted molar refractivity (Wildman–Crippen MR) is 68.0 cm³/mol. The van der Waals surface area contributed by atoms with E-state index in [1.807, 2.05) is 6.07 Å². The second kappa shape index (κ2) is 5.70. The number of aromatic hydroxyl groups is 1. The van der Waals surface area contributed by atoms with Gasteiger partial charge < -0.3 is 10.0 Å². The number of phenols is 1. The van der Waals surface area contributed by atoms with Crippen molar-refractivity contribution in [3.63, 3.8) is 0 Å². The highest BCUT2D eigenvalue weighted by atomic mass is 127. The zero-order chi connectivity index (χ0) is 12.1. The maximum absolute atomic E-state index is 11.9. The first-order chi connectivity index (χ1) is 7.56. The van der Waals surface area contributed by atoms with Crippen molar-refractivity contribution >= 4 is 28.5 Å². The van der Waals surface area contributed by atoms with Gasteiger partial charge in [0.2, 0.25) is 0 Å². The Labute approximate surface area is 108 Å². The molecule has 4 nitrogen and oxygen atoms in total. The van der Waals surface area contributed by atoms with Gasteiger partial charge in [0.1, 0.15) is 5.75 Å². The van der Waals surface area contributed by atoms with Gasteiger partial charge in [-0.1, -0.05) is 0 Å². The molecule has 0 aliphatic heterocycles. The largest absolute Gasteiger partial charge is 0.507 e. The maximum atomic E-state index is 11.9. The van der Waals surface area contributed by atoms with Crippen molar-refractivity contribution in [2.45, 2.75) is 6.42 Å². The van der Waals surface area contributed by atoms with Gasteiger partial charge in [0.05, 0.1) is 18.1 Å². The first-order valence-electron chi connectivity index (χ1n) is 4.67. The van der Waals surface area contributed by atoms with Gasteiger partial charge in [0, 0.05) is 17.2 Å². The summed E-state index contributed by atoms with van der Waals surface area (Å²) in [7, 11) is 1.61. The lowest BCUT2D eigenvalue weighted by Gasteiger charge is -2.16. The third kappa shape index (κ3) is 3.10. The van der Waals surface area contributed by atoms with Crippen molar-refractivity contribution < 1.29 is 9.90 Å². The van der Waals surface area contributed by atoms with Crippen LogP contribution in [0.5, 0.6) is 5.75 Å². The van der Waals surface area contributed by atoms with E-state index in [4.69, 9.17) is 5.26 Å². The molecule has 0 saturated heterocycles. The molecule has 0 heterocycles. The van der Waals surface area contributed by atoms with E-state index in [1.165, 1.54) is 11.0 Å². The van der Waals surface area contributed by atoms with Gasteiger partial charge in [-0.3, -0.25) is 4.79 Å². The predicted octanol–water partition coefficient (Wildman–Crippen LogP) is 1.98. The summed E-state index contributed by atoms with van der Waals surface area (Å²) in [5.41, 5.74) is 0.271. The minimum atomic E-state index is -0.272. The summed E-state index contributed by atoms with van der Waals surface area (Å²) in [4.78, 5) is 13.3. The molecule has 0 aliphatic carbocycles. The number of carbonyl (C=O) groups is 1. The molecule has 0 aliphatic rings. The average Bonchev–Trinajstić information content (AvgIpc) is 2.28. The Morgan fingerprint density at radius 3 is 2.94 bits per heavy atom. The molecule has 1 N–H and O–H groups in total. The molecule has 16 heavy (non-hydrogen) atoms. The fourth-order valence-electron chi connectivity index (χ4n) is 1.20. The van der Waals surface area contributed by atoms with Gasteiger partial charge in [-0.15, -0.1) is 0 Å². The van der Waals surface area contributed by atoms with Crippen LogP contribution < -0.4 is 0 Å². The average molecular weight is 330 g/mol. The van der Waals surface area contributed by atoms with Crippen LogP contribution in [-0.2, 0) is 0 Å². The van der Waals surface area contributed by atoms with Crippen molar-refractivity contribution in [1.82, 2.24) is 4.90 Å². The van der Waals surface area contributed by atoms with Crippen molar-refractivity contribution in [1.29, 1.82) is 5.26 Å². The van der Waals surface area contributed by atoms with Gasteiger partial charge in [-0.2, -0.15) is 5.26 Å². The van der Waals surface area contributed by atoms with Crippen LogP contribution in [0.25, 0.3) is 0 Å². The highest BCUT2D eigenvalue weighted by Crippen LogP contribution is 2.20. The quantitative estimate of drug-likeness (QED) is 0.862. The van der Waals surface area contributed by atoms with Crippen molar-refractivity contribution in [2.24, 2.45) is 0 Å². The summed E-state index contributed by atoms with van der Waals surface area (Å²) in [5.74, 6) is -0.305. The molecule has 0 spiro atoms. The number of hydrogen-bond donors (Lipinski definition) is 1. The number of hydrogen-bond acceptors (Lipinski definition) is 3. The van der Waals surface area contributed by atoms with E-state index in [9.17, 15) is 9.90 Å². The number of rotatable bonds is 3. The highest BCUT2D eigenvalue weighted by molar-refractivity contribution is 14.1. The zero-order valence-electron chi connectivity index (χ0n) is 8.77. The fourth-order valence-corrected chi connectivity index (χ4v) is 1.70. The van der Waals surface area contributed by atoms with Crippen LogP contribution in [0.3, 0.4) is 0 Å². The van der Waals surface area contributed by atoms with E-state index in [1.54, 1.807) is 19.2 Å². The number of phenolic OH excluding ortho intramolecular Hbond substituents is 1. The number of nitrogens with zero attached hydrogens (tertiary/aromatic N) is 2. The van der Waals surface area contributed by atoms with Gasteiger partial charge in [0.15, 0.2) is 0 Å². The molecule has 1 aromatic carbocycles. The molecule has 1 aromatic rings. The number of carbonyl (C=O) groups excluding carboxylic acids is 1. The number of amides is 1. The van der Waals surface area contributed by atoms with Crippen molar-refractivity contribution in [3.8, 4) is 11.8 Å². The molecule has 0 atom stereocenters. The second-order valence-electron chi connectivity index (χ2n) is 3.30. The molecular weight excluding hydrogens is 319 g/mol. The molecule has 0 saturated carbocycles. The summed E-state index contributed by atoms with van der Waals surface area (Å²) in [6.07, 6.45) is 0.285. The summed E-state index contributed by atoms with van der Waals surface area (Å²) in [5, 5.41) is 18.0. The SMILES string of the molecule is CN(CCC#N)C(=O)c1cc(I)ccc1O. The minimum absolute atomic E-state index is 0.0331. The lowest BCUT2D eigenvalue weighted by molar-refractivity contribution is 0.0795. The molecule has 84 valence electrons. The van der Waals surface area contributed by atoms with Gasteiger partial charge >= 0.3 is 0 Å². The fraction of sp³-hybridized carbons (Fsp3) is 0.273. The van der Waals surface area contributed by atoms with E-state index >= 15 is 0 Å². The summed E-state index contributed by atoms with van der Waals surface area (Å²) >= 11 is 2.07. The Morgan fingerprint density at radius 2 is 2.31 bits per heavy atom. The van der Waals surface area contributed by atoms with E-state index < -0.39 is 0 Å². The Balaban J connectivity index is 2.88. The Kier molecular flexibility index (Phi) is 4.55. The monoisotopic (exact) mass is 330 g/mol. The first-order valence-corrected chi connectivity index (χ1v) is 5.75. The zero-order valence-corrected chi connectivity index (χ0v) is 10.9. The molecule has 0 radical (unpaired) electrons. The van der Waals surface area contributed by atoms with Crippen molar-refractivity contribution in [2.75, 3.05) is 13.6 Å². The molecule has 0 bridgehead atoms. The second-order valence-corrected chi connectivity index (χ2v) is 4.54. The number of halogens is 1. The lowest BCUT2D eigenvalue weighted by atomic mass is 10.2. The highest BCUT2D eigenvalue weighted by Gasteiger charge is 2.15. The van der Waals surface area contributed by atoms with Crippen LogP contribution in [-0.4, -0.2) is 29.5 Å². The van der Waals surface area contributed by atoms with Crippen LogP contribution in [0.2, 0.25) is 0 Å². The number of benzene rings is 1. The van der Waals surface area contributed by atoms with Crippen LogP contribution in [0, 0.1) is 14.9 Å². The van der Waals surface area contributed by atoms with Crippen LogP contribution in [0.15, 0.2) is 18.2 Å². The summed E-state index contributed by atoms with van der Waals surface area (Å²) < 4.78 is 0.882. The molecule has 1 rings (SSSR count). The summed E-state index contributed by atoms with van der Waals surface area (Å²) in [6.45, 7) is 0.361. The smallest absolute Gasteiger partial charge is 0.257 e. The van der Waals surface area contributed by atoms with Crippen LogP contribution in [0.1, 0.15) is 16.8 Å². The topological polar surface area (TPSA) is 64.3 Å². The molecular formula is C11H11IN2O2. The first kappa shape index (κ1) is 12.8. The standard InChI is InChI=1S/C11H11IN2O2/c1-14(6-2-5-13)11(16)9-7-8(12)3-4-10(9)15/h3-4,7,15H,2,6H2,1H3. The molecule has 5 heteroatoms. The normalized spacial score (nSPS) is 9.56. The Hall–Kier alpha value is -1.29. The number of nitriles is 1. The summed E-state index contributed by atoms with van der Waals surface area (Å²) in [6, 6.07) is 6.82. The van der Waals surface area contributed by atoms with Crippen LogP contribution in [0.4, 0.5) is 0 Å². The molecule has 0 aromatic heterocycles. The van der Waals surface area contributed by atoms with Crippen molar-refractivity contribution in [3.05, 3.63) is 27.3 Å². The lowest BCUT2D eigenvalue weighted by Crippen LogP contribution is -2.27. The van der Waals surface area contributed by atoms with E-state index in [0.717, 1.165) is 3.57 Å².